The Balaban J connectivity index is 1.38. The second-order valence-corrected chi connectivity index (χ2v) is 9.24. The molecule has 0 fully saturated rings. The third-order valence-electron chi connectivity index (χ3n) is 4.91. The molecule has 0 bridgehead atoms. The van der Waals surface area contributed by atoms with E-state index in [9.17, 15) is 9.59 Å². The Bertz CT molecular complexity index is 1100. The van der Waals surface area contributed by atoms with Crippen molar-refractivity contribution in [2.24, 2.45) is 0 Å². The maximum absolute atomic E-state index is 12.9. The molecule has 3 aromatic rings. The Labute approximate surface area is 190 Å². The molecule has 3 aromatic carbocycles. The van der Waals surface area contributed by atoms with Crippen molar-refractivity contribution in [3.63, 3.8) is 0 Å². The average molecular weight is 452 g/mol. The quantitative estimate of drug-likeness (QED) is 0.526. The first-order valence-electron chi connectivity index (χ1n) is 9.96. The summed E-state index contributed by atoms with van der Waals surface area (Å²) in [7, 11) is 0. The summed E-state index contributed by atoms with van der Waals surface area (Å²) in [5, 5.41) is 6.76. The first kappa shape index (κ1) is 21.3. The van der Waals surface area contributed by atoms with Crippen molar-refractivity contribution in [2.45, 2.75) is 23.6 Å². The molecule has 4 rings (SSSR count). The number of carbonyl (C=O) groups excluding carboxylic acids is 2. The summed E-state index contributed by atoms with van der Waals surface area (Å²) in [5.74, 6) is -0.186. The van der Waals surface area contributed by atoms with Gasteiger partial charge in [-0.15, -0.1) is 11.8 Å². The van der Waals surface area contributed by atoms with E-state index >= 15 is 0 Å². The van der Waals surface area contributed by atoms with Gasteiger partial charge in [0.05, 0.1) is 5.69 Å². The zero-order chi connectivity index (χ0) is 21.8. The molecule has 5 nitrogen and oxygen atoms in total. The minimum atomic E-state index is -0.186. The third-order valence-corrected chi connectivity index (χ3v) is 6.30. The normalized spacial score (nSPS) is 15.2. The molecular formula is C24H22ClN3O2S. The van der Waals surface area contributed by atoms with Gasteiger partial charge >= 0.3 is 6.03 Å². The molecule has 3 amide bonds. The van der Waals surface area contributed by atoms with E-state index in [0.717, 1.165) is 16.1 Å². The Hall–Kier alpha value is -2.96. The van der Waals surface area contributed by atoms with Crippen LogP contribution in [-0.4, -0.2) is 23.7 Å². The van der Waals surface area contributed by atoms with Crippen molar-refractivity contribution in [2.75, 3.05) is 16.8 Å². The molecule has 1 atom stereocenters. The first-order chi connectivity index (χ1) is 15.0. The van der Waals surface area contributed by atoms with Crippen LogP contribution in [0.2, 0.25) is 5.02 Å². The minimum Gasteiger partial charge on any atom is -0.348 e. The lowest BCUT2D eigenvalue weighted by molar-refractivity contribution is 0.0951. The fourth-order valence-corrected chi connectivity index (χ4v) is 4.73. The van der Waals surface area contributed by atoms with Gasteiger partial charge < -0.3 is 10.6 Å². The molecule has 31 heavy (non-hydrogen) atoms. The van der Waals surface area contributed by atoms with Crippen molar-refractivity contribution in [1.29, 1.82) is 0 Å². The summed E-state index contributed by atoms with van der Waals surface area (Å²) in [4.78, 5) is 28.2. The standard InChI is InChI=1S/C24H22ClN3O2S/c1-16-15-28(21-7-2-3-8-22(21)31-16)24(30)27-20-11-9-18(10-12-20)23(29)26-14-17-5-4-6-19(25)13-17/h2-13,16H,14-15H2,1H3,(H,26,29)(H,27,30)/t16-/m0/s1. The number of amides is 3. The number of nitrogens with one attached hydrogen (secondary N) is 2. The number of nitrogens with zero attached hydrogens (tertiary/aromatic N) is 1. The Kier molecular flexibility index (Phi) is 6.49. The lowest BCUT2D eigenvalue weighted by atomic mass is 10.1. The predicted molar refractivity (Wildman–Crippen MR) is 127 cm³/mol. The van der Waals surface area contributed by atoms with Gasteiger partial charge in [-0.2, -0.15) is 0 Å². The number of urea groups is 1. The van der Waals surface area contributed by atoms with E-state index in [4.69, 9.17) is 11.6 Å². The summed E-state index contributed by atoms with van der Waals surface area (Å²) in [5.41, 5.74) is 3.01. The van der Waals surface area contributed by atoms with Crippen LogP contribution >= 0.6 is 23.4 Å². The predicted octanol–water partition coefficient (Wildman–Crippen LogP) is 5.80. The SMILES string of the molecule is C[C@H]1CN(C(=O)Nc2ccc(C(=O)NCc3cccc(Cl)c3)cc2)c2ccccc2S1. The number of benzene rings is 3. The Morgan fingerprint density at radius 3 is 2.61 bits per heavy atom. The molecule has 1 heterocycles. The highest BCUT2D eigenvalue weighted by Gasteiger charge is 2.26. The fourth-order valence-electron chi connectivity index (χ4n) is 3.41. The Morgan fingerprint density at radius 2 is 1.84 bits per heavy atom. The number of hydrogen-bond donors (Lipinski definition) is 2. The second-order valence-electron chi connectivity index (χ2n) is 7.33. The Morgan fingerprint density at radius 1 is 1.06 bits per heavy atom. The van der Waals surface area contributed by atoms with Gasteiger partial charge in [0.25, 0.3) is 5.91 Å². The van der Waals surface area contributed by atoms with Crippen LogP contribution in [0.5, 0.6) is 0 Å². The summed E-state index contributed by atoms with van der Waals surface area (Å²) in [6.07, 6.45) is 0. The molecule has 0 aliphatic carbocycles. The molecule has 0 unspecified atom stereocenters. The van der Waals surface area contributed by atoms with Gasteiger partial charge in [-0.05, 0) is 54.1 Å². The van der Waals surface area contributed by atoms with Gasteiger partial charge in [-0.25, -0.2) is 4.79 Å². The van der Waals surface area contributed by atoms with Crippen LogP contribution in [0.25, 0.3) is 0 Å². The van der Waals surface area contributed by atoms with Crippen LogP contribution < -0.4 is 15.5 Å². The average Bonchev–Trinajstić information content (AvgIpc) is 2.77. The number of hydrogen-bond acceptors (Lipinski definition) is 3. The van der Waals surface area contributed by atoms with Crippen molar-refractivity contribution in [1.82, 2.24) is 5.32 Å². The number of rotatable bonds is 4. The third kappa shape index (κ3) is 5.21. The highest BCUT2D eigenvalue weighted by Crippen LogP contribution is 2.38. The molecule has 1 aliphatic heterocycles. The minimum absolute atomic E-state index is 0.183. The van der Waals surface area contributed by atoms with Crippen LogP contribution in [0.4, 0.5) is 16.2 Å². The molecular weight excluding hydrogens is 430 g/mol. The van der Waals surface area contributed by atoms with Crippen LogP contribution in [0, 0.1) is 0 Å². The highest BCUT2D eigenvalue weighted by atomic mass is 35.5. The van der Waals surface area contributed by atoms with Gasteiger partial charge in [0.2, 0.25) is 0 Å². The number of anilines is 2. The summed E-state index contributed by atoms with van der Waals surface area (Å²) < 4.78 is 0. The number of para-hydroxylation sites is 1. The van der Waals surface area contributed by atoms with Gasteiger partial charge in [0.1, 0.15) is 0 Å². The lowest BCUT2D eigenvalue weighted by Crippen LogP contribution is -2.41. The fraction of sp³-hybridized carbons (Fsp3) is 0.167. The maximum Gasteiger partial charge on any atom is 0.326 e. The van der Waals surface area contributed by atoms with Crippen molar-refractivity contribution < 1.29 is 9.59 Å². The van der Waals surface area contributed by atoms with E-state index in [1.165, 1.54) is 0 Å². The van der Waals surface area contributed by atoms with E-state index in [-0.39, 0.29) is 11.9 Å². The molecule has 0 aromatic heterocycles. The number of thioether (sulfide) groups is 1. The molecule has 7 heteroatoms. The smallest absolute Gasteiger partial charge is 0.326 e. The molecule has 0 saturated heterocycles. The maximum atomic E-state index is 12.9. The number of fused-ring (bicyclic) bond motifs is 1. The van der Waals surface area contributed by atoms with Crippen molar-refractivity contribution >= 4 is 46.7 Å². The van der Waals surface area contributed by atoms with E-state index in [0.29, 0.717) is 34.6 Å². The lowest BCUT2D eigenvalue weighted by Gasteiger charge is -2.32. The van der Waals surface area contributed by atoms with Gasteiger partial charge in [-0.1, -0.05) is 42.8 Å². The summed E-state index contributed by atoms with van der Waals surface area (Å²) in [6.45, 7) is 3.14. The zero-order valence-corrected chi connectivity index (χ0v) is 18.5. The van der Waals surface area contributed by atoms with E-state index < -0.39 is 0 Å². The number of carbonyl (C=O) groups is 2. The second kappa shape index (κ2) is 9.45. The topological polar surface area (TPSA) is 61.4 Å². The van der Waals surface area contributed by atoms with E-state index in [1.54, 1.807) is 47.0 Å². The molecule has 2 N–H and O–H groups in total. The van der Waals surface area contributed by atoms with Gasteiger partial charge in [0, 0.05) is 39.5 Å². The summed E-state index contributed by atoms with van der Waals surface area (Å²) in [6, 6.07) is 22.0. The summed E-state index contributed by atoms with van der Waals surface area (Å²) >= 11 is 7.75. The first-order valence-corrected chi connectivity index (χ1v) is 11.2. The van der Waals surface area contributed by atoms with Crippen LogP contribution in [0.1, 0.15) is 22.8 Å². The molecule has 0 radical (unpaired) electrons. The van der Waals surface area contributed by atoms with Gasteiger partial charge in [-0.3, -0.25) is 9.69 Å². The van der Waals surface area contributed by atoms with Crippen LogP contribution in [0.3, 0.4) is 0 Å². The van der Waals surface area contributed by atoms with Crippen molar-refractivity contribution in [3.8, 4) is 0 Å². The molecule has 158 valence electrons. The van der Waals surface area contributed by atoms with E-state index in [2.05, 4.69) is 17.6 Å². The van der Waals surface area contributed by atoms with Gasteiger partial charge in [0.15, 0.2) is 0 Å². The zero-order valence-electron chi connectivity index (χ0n) is 17.0. The largest absolute Gasteiger partial charge is 0.348 e. The van der Waals surface area contributed by atoms with E-state index in [1.807, 2.05) is 42.5 Å². The molecule has 0 saturated carbocycles. The van der Waals surface area contributed by atoms with Crippen molar-refractivity contribution in [3.05, 3.63) is 88.9 Å². The number of halogens is 1. The monoisotopic (exact) mass is 451 g/mol. The van der Waals surface area contributed by atoms with Crippen LogP contribution in [0.15, 0.2) is 77.7 Å². The van der Waals surface area contributed by atoms with Crippen LogP contribution in [-0.2, 0) is 6.54 Å². The molecule has 1 aliphatic rings. The molecule has 0 spiro atoms. The highest BCUT2D eigenvalue weighted by molar-refractivity contribution is 8.00.